The zero-order valence-electron chi connectivity index (χ0n) is 13.9. The molecule has 23 heavy (non-hydrogen) atoms. The van der Waals surface area contributed by atoms with Crippen molar-refractivity contribution in [1.82, 2.24) is 4.90 Å². The van der Waals surface area contributed by atoms with E-state index in [-0.39, 0.29) is 24.4 Å². The summed E-state index contributed by atoms with van der Waals surface area (Å²) in [6.45, 7) is 5.42. The molecule has 4 heteroatoms. The molecule has 2 saturated heterocycles. The van der Waals surface area contributed by atoms with Crippen molar-refractivity contribution in [1.29, 1.82) is 0 Å². The van der Waals surface area contributed by atoms with Crippen molar-refractivity contribution in [3.63, 3.8) is 0 Å². The zero-order valence-corrected chi connectivity index (χ0v) is 13.9. The average Bonchev–Trinajstić information content (AvgIpc) is 2.53. The van der Waals surface area contributed by atoms with Crippen LogP contribution >= 0.6 is 0 Å². The molecule has 2 heterocycles. The van der Waals surface area contributed by atoms with Crippen LogP contribution in [0.4, 0.5) is 8.78 Å². The molecule has 0 aliphatic carbocycles. The number of hydrogen-bond acceptors (Lipinski definition) is 2. The molecule has 2 nitrogen and oxygen atoms in total. The van der Waals surface area contributed by atoms with Crippen molar-refractivity contribution in [2.24, 2.45) is 11.8 Å². The molecule has 0 aromatic heterocycles. The lowest BCUT2D eigenvalue weighted by Gasteiger charge is -2.38. The highest BCUT2D eigenvalue weighted by molar-refractivity contribution is 5.16. The van der Waals surface area contributed by atoms with Gasteiger partial charge in [0.15, 0.2) is 0 Å². The van der Waals surface area contributed by atoms with Gasteiger partial charge in [0.1, 0.15) is 12.0 Å². The Morgan fingerprint density at radius 3 is 2.78 bits per heavy atom. The van der Waals surface area contributed by atoms with Gasteiger partial charge in [0, 0.05) is 13.1 Å². The van der Waals surface area contributed by atoms with Gasteiger partial charge in [-0.05, 0) is 61.8 Å². The minimum atomic E-state index is -0.797. The maximum Gasteiger partial charge on any atom is 0.124 e. The van der Waals surface area contributed by atoms with Crippen LogP contribution in [-0.4, -0.2) is 43.4 Å². The normalized spacial score (nSPS) is 32.8. The quantitative estimate of drug-likeness (QED) is 0.835. The van der Waals surface area contributed by atoms with Gasteiger partial charge in [-0.25, -0.2) is 8.78 Å². The van der Waals surface area contributed by atoms with Crippen molar-refractivity contribution >= 4 is 0 Å². The molecule has 1 aromatic carbocycles. The van der Waals surface area contributed by atoms with Crippen LogP contribution in [0.3, 0.4) is 0 Å². The smallest absolute Gasteiger partial charge is 0.124 e. The van der Waals surface area contributed by atoms with Crippen LogP contribution in [0, 0.1) is 17.7 Å². The van der Waals surface area contributed by atoms with E-state index in [1.165, 1.54) is 18.4 Å². The SMILES string of the molecule is C[C@@H]1C[C@@H](F)CO[C@@H]1CN1CCC[C@@H](Cc2ccc(F)cc2)C1. The molecule has 0 bridgehead atoms. The maximum atomic E-state index is 13.4. The van der Waals surface area contributed by atoms with Crippen LogP contribution in [0.2, 0.25) is 0 Å². The first-order valence-electron chi connectivity index (χ1n) is 8.82. The van der Waals surface area contributed by atoms with Crippen LogP contribution < -0.4 is 0 Å². The Hall–Kier alpha value is -1.00. The summed E-state index contributed by atoms with van der Waals surface area (Å²) in [6.07, 6.45) is 3.41. The second kappa shape index (κ2) is 7.71. The third-order valence-electron chi connectivity index (χ3n) is 5.23. The highest BCUT2D eigenvalue weighted by Gasteiger charge is 2.31. The Labute approximate surface area is 137 Å². The lowest BCUT2D eigenvalue weighted by atomic mass is 9.90. The van der Waals surface area contributed by atoms with E-state index in [1.807, 2.05) is 12.1 Å². The standard InChI is InChI=1S/C19H27F2NO/c1-14-9-18(21)13-23-19(14)12-22-8-2-3-16(11-22)10-15-4-6-17(20)7-5-15/h4-7,14,16,18-19H,2-3,8-13H2,1H3/t14-,16+,18-,19-/m1/s1. The van der Waals surface area contributed by atoms with E-state index in [9.17, 15) is 8.78 Å². The number of piperidine rings is 1. The summed E-state index contributed by atoms with van der Waals surface area (Å²) in [7, 11) is 0. The van der Waals surface area contributed by atoms with Crippen LogP contribution in [0.25, 0.3) is 0 Å². The first-order valence-corrected chi connectivity index (χ1v) is 8.82. The molecule has 0 saturated carbocycles. The molecule has 0 spiro atoms. The van der Waals surface area contributed by atoms with Crippen molar-refractivity contribution in [3.8, 4) is 0 Å². The van der Waals surface area contributed by atoms with E-state index < -0.39 is 6.17 Å². The Morgan fingerprint density at radius 1 is 1.26 bits per heavy atom. The number of alkyl halides is 1. The highest BCUT2D eigenvalue weighted by Crippen LogP contribution is 2.26. The highest BCUT2D eigenvalue weighted by atomic mass is 19.1. The Balaban J connectivity index is 1.51. The topological polar surface area (TPSA) is 12.5 Å². The molecular formula is C19H27F2NO. The monoisotopic (exact) mass is 323 g/mol. The summed E-state index contributed by atoms with van der Waals surface area (Å²) in [6, 6.07) is 6.87. The molecule has 0 unspecified atom stereocenters. The van der Waals surface area contributed by atoms with E-state index in [1.54, 1.807) is 12.1 Å². The zero-order chi connectivity index (χ0) is 16.2. The summed E-state index contributed by atoms with van der Waals surface area (Å²) in [5.74, 6) is 0.729. The van der Waals surface area contributed by atoms with Gasteiger partial charge in [0.25, 0.3) is 0 Å². The Bertz CT molecular complexity index is 493. The van der Waals surface area contributed by atoms with Gasteiger partial charge < -0.3 is 9.64 Å². The molecular weight excluding hydrogens is 296 g/mol. The van der Waals surface area contributed by atoms with E-state index in [0.717, 1.165) is 26.1 Å². The number of rotatable bonds is 4. The van der Waals surface area contributed by atoms with E-state index in [2.05, 4.69) is 11.8 Å². The van der Waals surface area contributed by atoms with Crippen molar-refractivity contribution < 1.29 is 13.5 Å². The summed E-state index contributed by atoms with van der Waals surface area (Å²) in [5.41, 5.74) is 1.21. The molecule has 0 amide bonds. The number of hydrogen-bond donors (Lipinski definition) is 0. The molecule has 2 aliphatic heterocycles. The Kier molecular flexibility index (Phi) is 5.65. The molecule has 0 radical (unpaired) electrons. The van der Waals surface area contributed by atoms with Crippen LogP contribution in [0.5, 0.6) is 0 Å². The molecule has 1 aromatic rings. The number of likely N-dealkylation sites (tertiary alicyclic amines) is 1. The van der Waals surface area contributed by atoms with Gasteiger partial charge >= 0.3 is 0 Å². The number of halogens is 2. The second-order valence-electron chi connectivity index (χ2n) is 7.28. The fraction of sp³-hybridized carbons (Fsp3) is 0.684. The first-order chi connectivity index (χ1) is 11.1. The van der Waals surface area contributed by atoms with E-state index in [4.69, 9.17) is 4.74 Å². The lowest BCUT2D eigenvalue weighted by molar-refractivity contribution is -0.0755. The summed E-state index contributed by atoms with van der Waals surface area (Å²) >= 11 is 0. The summed E-state index contributed by atoms with van der Waals surface area (Å²) in [4.78, 5) is 2.47. The number of nitrogens with zero attached hydrogens (tertiary/aromatic N) is 1. The predicted octanol–water partition coefficient (Wildman–Crippen LogP) is 3.84. The average molecular weight is 323 g/mol. The minimum absolute atomic E-state index is 0.159. The first kappa shape index (κ1) is 16.8. The van der Waals surface area contributed by atoms with Gasteiger partial charge in [-0.1, -0.05) is 19.1 Å². The van der Waals surface area contributed by atoms with Gasteiger partial charge in [-0.15, -0.1) is 0 Å². The third-order valence-corrected chi connectivity index (χ3v) is 5.23. The van der Waals surface area contributed by atoms with Crippen molar-refractivity contribution in [2.75, 3.05) is 26.2 Å². The number of benzene rings is 1. The predicted molar refractivity (Wildman–Crippen MR) is 87.7 cm³/mol. The largest absolute Gasteiger partial charge is 0.374 e. The molecule has 2 aliphatic rings. The second-order valence-corrected chi connectivity index (χ2v) is 7.28. The van der Waals surface area contributed by atoms with E-state index >= 15 is 0 Å². The van der Waals surface area contributed by atoms with Crippen LogP contribution in [0.15, 0.2) is 24.3 Å². The molecule has 128 valence electrons. The molecule has 3 rings (SSSR count). The third kappa shape index (κ3) is 4.74. The Morgan fingerprint density at radius 2 is 2.04 bits per heavy atom. The summed E-state index contributed by atoms with van der Waals surface area (Å²) < 4.78 is 32.1. The summed E-state index contributed by atoms with van der Waals surface area (Å²) in [5, 5.41) is 0. The van der Waals surface area contributed by atoms with Crippen LogP contribution in [0.1, 0.15) is 31.7 Å². The minimum Gasteiger partial charge on any atom is -0.374 e. The maximum absolute atomic E-state index is 13.4. The van der Waals surface area contributed by atoms with Crippen molar-refractivity contribution in [2.45, 2.75) is 44.9 Å². The van der Waals surface area contributed by atoms with Gasteiger partial charge in [0.2, 0.25) is 0 Å². The molecule has 0 N–H and O–H groups in total. The van der Waals surface area contributed by atoms with Crippen molar-refractivity contribution in [3.05, 3.63) is 35.6 Å². The molecule has 4 atom stereocenters. The van der Waals surface area contributed by atoms with Crippen LogP contribution in [-0.2, 0) is 11.2 Å². The van der Waals surface area contributed by atoms with Gasteiger partial charge in [-0.3, -0.25) is 0 Å². The fourth-order valence-electron chi connectivity index (χ4n) is 3.94. The van der Waals surface area contributed by atoms with Gasteiger partial charge in [0.05, 0.1) is 12.7 Å². The van der Waals surface area contributed by atoms with Gasteiger partial charge in [-0.2, -0.15) is 0 Å². The number of ether oxygens (including phenoxy) is 1. The lowest BCUT2D eigenvalue weighted by Crippen LogP contribution is -2.46. The van der Waals surface area contributed by atoms with E-state index in [0.29, 0.717) is 12.3 Å². The fourth-order valence-corrected chi connectivity index (χ4v) is 3.94. The molecule has 2 fully saturated rings.